The molecule has 0 spiro atoms. The zero-order valence-corrected chi connectivity index (χ0v) is 10.1. The van der Waals surface area contributed by atoms with Crippen LogP contribution in [0.25, 0.3) is 0 Å². The third-order valence-electron chi connectivity index (χ3n) is 3.07. The predicted octanol–water partition coefficient (Wildman–Crippen LogP) is 3.15. The second-order valence-electron chi connectivity index (χ2n) is 4.19. The Morgan fingerprint density at radius 1 is 1.31 bits per heavy atom. The van der Waals surface area contributed by atoms with Gasteiger partial charge in [-0.2, -0.15) is 0 Å². The van der Waals surface area contributed by atoms with Gasteiger partial charge in [-0.15, -0.1) is 0 Å². The van der Waals surface area contributed by atoms with E-state index in [1.165, 1.54) is 6.07 Å². The Bertz CT molecular complexity index is 321. The molecule has 0 aliphatic rings. The van der Waals surface area contributed by atoms with Crippen LogP contribution in [0, 0.1) is 5.82 Å². The number of hydrogen-bond acceptors (Lipinski definition) is 2. The monoisotopic (exact) mass is 224 g/mol. The highest BCUT2D eigenvalue weighted by Crippen LogP contribution is 2.24. The van der Waals surface area contributed by atoms with Crippen LogP contribution in [0.1, 0.15) is 33.1 Å². The van der Waals surface area contributed by atoms with Crippen molar-refractivity contribution in [2.24, 2.45) is 5.73 Å². The standard InChI is InChI=1S/C13H21FN2/c1-3-9-13(4-2,10-15)16-12-8-6-5-7-11(12)14/h5-8,16H,3-4,9-10,15H2,1-2H3. The van der Waals surface area contributed by atoms with Crippen molar-refractivity contribution in [1.29, 1.82) is 0 Å². The average Bonchev–Trinajstić information content (AvgIpc) is 2.31. The predicted molar refractivity (Wildman–Crippen MR) is 67.0 cm³/mol. The number of nitrogens with one attached hydrogen (secondary N) is 1. The molecule has 0 amide bonds. The van der Waals surface area contributed by atoms with Gasteiger partial charge in [0.05, 0.1) is 5.69 Å². The lowest BCUT2D eigenvalue weighted by Gasteiger charge is -2.33. The van der Waals surface area contributed by atoms with Gasteiger partial charge in [-0.1, -0.05) is 32.4 Å². The van der Waals surface area contributed by atoms with Crippen molar-refractivity contribution >= 4 is 5.69 Å². The van der Waals surface area contributed by atoms with Gasteiger partial charge in [0.2, 0.25) is 0 Å². The molecule has 1 aromatic carbocycles. The molecule has 1 unspecified atom stereocenters. The van der Waals surface area contributed by atoms with Crippen LogP contribution >= 0.6 is 0 Å². The number of hydrogen-bond donors (Lipinski definition) is 2. The molecule has 0 radical (unpaired) electrons. The van der Waals surface area contributed by atoms with Gasteiger partial charge >= 0.3 is 0 Å². The van der Waals surface area contributed by atoms with Crippen LogP contribution in [-0.2, 0) is 0 Å². The first kappa shape index (κ1) is 13.0. The summed E-state index contributed by atoms with van der Waals surface area (Å²) in [6.45, 7) is 4.71. The molecular formula is C13H21FN2. The minimum absolute atomic E-state index is 0.184. The molecule has 2 nitrogen and oxygen atoms in total. The minimum Gasteiger partial charge on any atom is -0.376 e. The van der Waals surface area contributed by atoms with Gasteiger partial charge in [0.25, 0.3) is 0 Å². The summed E-state index contributed by atoms with van der Waals surface area (Å²) in [5.41, 5.74) is 6.18. The van der Waals surface area contributed by atoms with Crippen molar-refractivity contribution in [3.05, 3.63) is 30.1 Å². The number of nitrogens with two attached hydrogens (primary N) is 1. The Hall–Kier alpha value is -1.09. The van der Waals surface area contributed by atoms with Crippen LogP contribution in [0.5, 0.6) is 0 Å². The second-order valence-corrected chi connectivity index (χ2v) is 4.19. The fourth-order valence-corrected chi connectivity index (χ4v) is 1.95. The molecule has 0 heterocycles. The SMILES string of the molecule is CCCC(CC)(CN)Nc1ccccc1F. The van der Waals surface area contributed by atoms with E-state index in [0.29, 0.717) is 12.2 Å². The van der Waals surface area contributed by atoms with E-state index in [4.69, 9.17) is 5.73 Å². The van der Waals surface area contributed by atoms with Crippen LogP contribution in [-0.4, -0.2) is 12.1 Å². The largest absolute Gasteiger partial charge is 0.376 e. The first-order chi connectivity index (χ1) is 7.67. The molecule has 1 aromatic rings. The summed E-state index contributed by atoms with van der Waals surface area (Å²) in [6, 6.07) is 6.74. The molecule has 1 atom stereocenters. The normalized spacial score (nSPS) is 14.5. The van der Waals surface area contributed by atoms with Gasteiger partial charge in [0.1, 0.15) is 5.82 Å². The minimum atomic E-state index is -0.218. The summed E-state index contributed by atoms with van der Waals surface area (Å²) < 4.78 is 13.5. The fraction of sp³-hybridized carbons (Fsp3) is 0.538. The van der Waals surface area contributed by atoms with Crippen LogP contribution < -0.4 is 11.1 Å². The summed E-state index contributed by atoms with van der Waals surface area (Å²) in [5.74, 6) is -0.218. The summed E-state index contributed by atoms with van der Waals surface area (Å²) >= 11 is 0. The fourth-order valence-electron chi connectivity index (χ4n) is 1.95. The van der Waals surface area contributed by atoms with Crippen LogP contribution in [0.3, 0.4) is 0 Å². The maximum absolute atomic E-state index is 13.5. The molecule has 3 N–H and O–H groups in total. The van der Waals surface area contributed by atoms with Crippen molar-refractivity contribution in [3.63, 3.8) is 0 Å². The van der Waals surface area contributed by atoms with Crippen LogP contribution in [0.4, 0.5) is 10.1 Å². The van der Waals surface area contributed by atoms with Gasteiger partial charge in [-0.25, -0.2) is 4.39 Å². The first-order valence-electron chi connectivity index (χ1n) is 5.90. The molecule has 0 saturated carbocycles. The molecule has 0 fully saturated rings. The number of anilines is 1. The van der Waals surface area contributed by atoms with E-state index in [9.17, 15) is 4.39 Å². The first-order valence-corrected chi connectivity index (χ1v) is 5.90. The Morgan fingerprint density at radius 3 is 2.50 bits per heavy atom. The van der Waals surface area contributed by atoms with Crippen LogP contribution in [0.2, 0.25) is 0 Å². The Labute approximate surface area is 97.0 Å². The highest BCUT2D eigenvalue weighted by Gasteiger charge is 2.25. The molecule has 3 heteroatoms. The van der Waals surface area contributed by atoms with Crippen molar-refractivity contribution in [2.75, 3.05) is 11.9 Å². The topological polar surface area (TPSA) is 38.0 Å². The van der Waals surface area contributed by atoms with E-state index >= 15 is 0 Å². The quantitative estimate of drug-likeness (QED) is 0.779. The Balaban J connectivity index is 2.87. The van der Waals surface area contributed by atoms with Crippen LogP contribution in [0.15, 0.2) is 24.3 Å². The lowest BCUT2D eigenvalue weighted by molar-refractivity contribution is 0.419. The average molecular weight is 224 g/mol. The van der Waals surface area contributed by atoms with E-state index in [1.54, 1.807) is 12.1 Å². The number of para-hydroxylation sites is 1. The van der Waals surface area contributed by atoms with E-state index in [-0.39, 0.29) is 11.4 Å². The third-order valence-corrected chi connectivity index (χ3v) is 3.07. The molecule has 0 aliphatic heterocycles. The Morgan fingerprint density at radius 2 is 2.00 bits per heavy atom. The van der Waals surface area contributed by atoms with E-state index < -0.39 is 0 Å². The third kappa shape index (κ3) is 2.95. The van der Waals surface area contributed by atoms with Crippen molar-refractivity contribution in [3.8, 4) is 0 Å². The number of halogens is 1. The summed E-state index contributed by atoms with van der Waals surface area (Å²) in [7, 11) is 0. The van der Waals surface area contributed by atoms with E-state index in [0.717, 1.165) is 19.3 Å². The molecule has 0 aromatic heterocycles. The molecule has 0 aliphatic carbocycles. The van der Waals surface area contributed by atoms with Gasteiger partial charge in [-0.05, 0) is 25.0 Å². The number of rotatable bonds is 6. The zero-order chi connectivity index (χ0) is 12.0. The molecule has 0 saturated heterocycles. The highest BCUT2D eigenvalue weighted by molar-refractivity contribution is 5.47. The van der Waals surface area contributed by atoms with Crippen molar-refractivity contribution in [1.82, 2.24) is 0 Å². The highest BCUT2D eigenvalue weighted by atomic mass is 19.1. The summed E-state index contributed by atoms with van der Waals surface area (Å²) in [4.78, 5) is 0. The van der Waals surface area contributed by atoms with Gasteiger partial charge in [0, 0.05) is 12.1 Å². The molecule has 1 rings (SSSR count). The van der Waals surface area contributed by atoms with Crippen molar-refractivity contribution in [2.45, 2.75) is 38.6 Å². The lowest BCUT2D eigenvalue weighted by Crippen LogP contribution is -2.45. The smallest absolute Gasteiger partial charge is 0.146 e. The number of benzene rings is 1. The van der Waals surface area contributed by atoms with Gasteiger partial charge in [0.15, 0.2) is 0 Å². The lowest BCUT2D eigenvalue weighted by atomic mass is 9.90. The molecule has 90 valence electrons. The van der Waals surface area contributed by atoms with E-state index in [1.807, 2.05) is 6.07 Å². The molecule has 0 bridgehead atoms. The summed E-state index contributed by atoms with van der Waals surface area (Å²) in [5, 5.41) is 3.26. The summed E-state index contributed by atoms with van der Waals surface area (Å²) in [6.07, 6.45) is 2.88. The zero-order valence-electron chi connectivity index (χ0n) is 10.1. The Kier molecular flexibility index (Phi) is 4.74. The van der Waals surface area contributed by atoms with Gasteiger partial charge in [-0.3, -0.25) is 0 Å². The van der Waals surface area contributed by atoms with Gasteiger partial charge < -0.3 is 11.1 Å². The van der Waals surface area contributed by atoms with Crippen molar-refractivity contribution < 1.29 is 4.39 Å². The maximum atomic E-state index is 13.5. The van der Waals surface area contributed by atoms with E-state index in [2.05, 4.69) is 19.2 Å². The maximum Gasteiger partial charge on any atom is 0.146 e. The molecular weight excluding hydrogens is 203 g/mol. The molecule has 16 heavy (non-hydrogen) atoms. The second kappa shape index (κ2) is 5.85.